The molecule has 2 aromatic carbocycles. The number of anilines is 1. The highest BCUT2D eigenvalue weighted by Gasteiger charge is 2.43. The first-order chi connectivity index (χ1) is 19.9. The maximum absolute atomic E-state index is 15.1. The second-order valence-corrected chi connectivity index (χ2v) is 13.2. The molecule has 0 aliphatic carbocycles. The Morgan fingerprint density at radius 3 is 2.52 bits per heavy atom. The van der Waals surface area contributed by atoms with Gasteiger partial charge in [0.2, 0.25) is 5.91 Å². The highest BCUT2D eigenvalue weighted by atomic mass is 32.2. The first kappa shape index (κ1) is 31.4. The number of nitrogens with one attached hydrogen (secondary N) is 2. The van der Waals surface area contributed by atoms with Gasteiger partial charge in [-0.25, -0.2) is 27.9 Å². The fourth-order valence-electron chi connectivity index (χ4n) is 4.73. The van der Waals surface area contributed by atoms with Gasteiger partial charge in [0.1, 0.15) is 16.7 Å². The summed E-state index contributed by atoms with van der Waals surface area (Å²) in [5.74, 6) is -1.54. The number of amides is 3. The minimum absolute atomic E-state index is 0.00379. The molecule has 228 valence electrons. The molecule has 3 atom stereocenters. The van der Waals surface area contributed by atoms with Crippen LogP contribution in [0.5, 0.6) is 0 Å². The smallest absolute Gasteiger partial charge is 0.414 e. The molecule has 2 aliphatic rings. The molecule has 2 aliphatic heterocycles. The third-order valence-electron chi connectivity index (χ3n) is 7.59. The zero-order valence-corrected chi connectivity index (χ0v) is 24.7. The van der Waals surface area contributed by atoms with E-state index in [9.17, 15) is 22.8 Å². The zero-order valence-electron chi connectivity index (χ0n) is 23.9. The van der Waals surface area contributed by atoms with E-state index >= 15 is 4.39 Å². The first-order valence-electron chi connectivity index (χ1n) is 13.8. The van der Waals surface area contributed by atoms with Gasteiger partial charge in [0.05, 0.1) is 18.8 Å². The van der Waals surface area contributed by atoms with E-state index in [0.717, 1.165) is 24.7 Å². The Hall–Kier alpha value is -3.55. The molecule has 0 aromatic heterocycles. The van der Waals surface area contributed by atoms with Gasteiger partial charge in [-0.1, -0.05) is 24.3 Å². The van der Waals surface area contributed by atoms with Gasteiger partial charge < -0.3 is 14.8 Å². The van der Waals surface area contributed by atoms with Crippen LogP contribution in [-0.4, -0.2) is 69.4 Å². The molecule has 2 heterocycles. The Morgan fingerprint density at radius 1 is 1.17 bits per heavy atom. The van der Waals surface area contributed by atoms with E-state index in [1.54, 1.807) is 36.4 Å². The minimum atomic E-state index is -3.81. The molecular weight excluding hydrogens is 569 g/mol. The lowest BCUT2D eigenvalue weighted by molar-refractivity contribution is -0.201. The summed E-state index contributed by atoms with van der Waals surface area (Å²) in [6.45, 7) is 3.60. The van der Waals surface area contributed by atoms with E-state index in [0.29, 0.717) is 29.8 Å². The molecule has 42 heavy (non-hydrogen) atoms. The van der Waals surface area contributed by atoms with Crippen molar-refractivity contribution >= 4 is 33.4 Å². The van der Waals surface area contributed by atoms with Crippen LogP contribution in [0.1, 0.15) is 45.1 Å². The quantitative estimate of drug-likeness (QED) is 0.372. The second kappa shape index (κ2) is 13.2. The number of carbonyl (C=O) groups excluding carboxylic acids is 3. The molecule has 0 radical (unpaired) electrons. The van der Waals surface area contributed by atoms with Gasteiger partial charge in [-0.2, -0.15) is 0 Å². The van der Waals surface area contributed by atoms with Crippen molar-refractivity contribution in [3.05, 3.63) is 53.8 Å². The molecule has 3 amide bonds. The van der Waals surface area contributed by atoms with Gasteiger partial charge in [0, 0.05) is 31.8 Å². The number of rotatable bonds is 11. The molecule has 2 saturated heterocycles. The molecule has 4 rings (SSSR count). The highest BCUT2D eigenvalue weighted by Crippen LogP contribution is 2.30. The van der Waals surface area contributed by atoms with Crippen LogP contribution < -0.4 is 15.7 Å². The highest BCUT2D eigenvalue weighted by molar-refractivity contribution is 7.92. The van der Waals surface area contributed by atoms with Crippen molar-refractivity contribution in [2.75, 3.05) is 30.9 Å². The first-order valence-corrected chi connectivity index (χ1v) is 15.7. The van der Waals surface area contributed by atoms with Crippen molar-refractivity contribution in [2.24, 2.45) is 0 Å². The fourth-order valence-corrected chi connectivity index (χ4v) is 5.59. The molecule has 2 N–H and O–H groups in total. The summed E-state index contributed by atoms with van der Waals surface area (Å²) in [5, 5.41) is 2.60. The van der Waals surface area contributed by atoms with Crippen molar-refractivity contribution in [3.63, 3.8) is 0 Å². The Kier molecular flexibility index (Phi) is 9.85. The minimum Gasteiger partial charge on any atom is -0.442 e. The summed E-state index contributed by atoms with van der Waals surface area (Å²) in [7, 11) is -3.81. The number of hydroxylamine groups is 1. The van der Waals surface area contributed by atoms with Crippen LogP contribution in [0.4, 0.5) is 14.9 Å². The Bertz CT molecular complexity index is 1410. The van der Waals surface area contributed by atoms with Crippen molar-refractivity contribution in [1.29, 1.82) is 0 Å². The van der Waals surface area contributed by atoms with Gasteiger partial charge in [-0.3, -0.25) is 14.5 Å². The molecule has 2 fully saturated rings. The SMILES string of the molecule is CC(=O)NC[C@@H]1CN(c2ccc(-c3ccc(CC[C@](C)(C(=O)NOC4CCCCO4)S(C)(=O)=O)cc3)c(F)c2)C(=O)O1. The Balaban J connectivity index is 1.39. The third kappa shape index (κ3) is 7.44. The number of sulfone groups is 1. The molecule has 13 heteroatoms. The Morgan fingerprint density at radius 2 is 1.90 bits per heavy atom. The number of halogens is 1. The molecule has 0 bridgehead atoms. The predicted octanol–water partition coefficient (Wildman–Crippen LogP) is 3.26. The number of aryl methyl sites for hydroxylation is 1. The van der Waals surface area contributed by atoms with Crippen molar-refractivity contribution in [3.8, 4) is 11.1 Å². The van der Waals surface area contributed by atoms with E-state index in [1.165, 1.54) is 24.8 Å². The van der Waals surface area contributed by atoms with Gasteiger partial charge in [-0.15, -0.1) is 0 Å². The normalized spacial score (nSPS) is 20.5. The van der Waals surface area contributed by atoms with Crippen molar-refractivity contribution in [2.45, 2.75) is 63.1 Å². The van der Waals surface area contributed by atoms with Crippen LogP contribution in [0.15, 0.2) is 42.5 Å². The number of cyclic esters (lactones) is 1. The topological polar surface area (TPSA) is 140 Å². The van der Waals surface area contributed by atoms with Crippen molar-refractivity contribution in [1.82, 2.24) is 10.8 Å². The standard InChI is InChI=1S/C29H36FN3O8S/c1-19(34)31-17-23-18-33(28(36)40-23)22-11-12-24(25(30)16-22)21-9-7-20(8-10-21)13-14-29(2,42(3,37)38)27(35)32-41-26-6-4-5-15-39-26/h7-12,16,23,26H,4-6,13-15,17-18H2,1-3H3,(H,31,34)(H,32,35)/t23-,26?,29-/m1/s1. The summed E-state index contributed by atoms with van der Waals surface area (Å²) >= 11 is 0. The average Bonchev–Trinajstić information content (AvgIpc) is 3.34. The Labute approximate surface area is 244 Å². The van der Waals surface area contributed by atoms with Gasteiger partial charge in [0.25, 0.3) is 5.91 Å². The van der Waals surface area contributed by atoms with E-state index in [-0.39, 0.29) is 31.8 Å². The van der Waals surface area contributed by atoms with E-state index in [2.05, 4.69) is 10.8 Å². The number of hydrogen-bond donors (Lipinski definition) is 2. The van der Waals surface area contributed by atoms with Crippen LogP contribution in [0.25, 0.3) is 11.1 Å². The second-order valence-electron chi connectivity index (χ2n) is 10.8. The third-order valence-corrected chi connectivity index (χ3v) is 9.62. The van der Waals surface area contributed by atoms with E-state index in [1.807, 2.05) is 0 Å². The van der Waals surface area contributed by atoms with E-state index in [4.69, 9.17) is 14.3 Å². The molecular formula is C29H36FN3O8S. The zero-order chi connectivity index (χ0) is 30.5. The lowest BCUT2D eigenvalue weighted by Crippen LogP contribution is -2.51. The van der Waals surface area contributed by atoms with Crippen LogP contribution in [0.2, 0.25) is 0 Å². The van der Waals surface area contributed by atoms with Gasteiger partial charge in [-0.05, 0) is 61.9 Å². The average molecular weight is 606 g/mol. The van der Waals surface area contributed by atoms with E-state index < -0.39 is 44.8 Å². The number of carbonyl (C=O) groups is 3. The predicted molar refractivity (Wildman–Crippen MR) is 153 cm³/mol. The number of nitrogens with zero attached hydrogens (tertiary/aromatic N) is 1. The molecule has 2 aromatic rings. The fraction of sp³-hybridized carbons (Fsp3) is 0.483. The largest absolute Gasteiger partial charge is 0.442 e. The summed E-state index contributed by atoms with van der Waals surface area (Å²) in [5.41, 5.74) is 4.28. The van der Waals surface area contributed by atoms with Crippen LogP contribution >= 0.6 is 0 Å². The number of benzene rings is 2. The summed E-state index contributed by atoms with van der Waals surface area (Å²) < 4.78 is 49.3. The summed E-state index contributed by atoms with van der Waals surface area (Å²) in [4.78, 5) is 42.9. The van der Waals surface area contributed by atoms with Crippen LogP contribution in [0.3, 0.4) is 0 Å². The molecule has 11 nitrogen and oxygen atoms in total. The van der Waals surface area contributed by atoms with Crippen LogP contribution in [0, 0.1) is 5.82 Å². The number of ether oxygens (including phenoxy) is 2. The molecule has 1 unspecified atom stereocenters. The summed E-state index contributed by atoms with van der Waals surface area (Å²) in [6.07, 6.45) is 1.94. The maximum Gasteiger partial charge on any atom is 0.414 e. The molecule has 0 saturated carbocycles. The van der Waals surface area contributed by atoms with Crippen molar-refractivity contribution < 1.29 is 41.5 Å². The van der Waals surface area contributed by atoms with Gasteiger partial charge in [0.15, 0.2) is 16.1 Å². The molecule has 0 spiro atoms. The number of hydrogen-bond acceptors (Lipinski definition) is 8. The van der Waals surface area contributed by atoms with Gasteiger partial charge >= 0.3 is 6.09 Å². The lowest BCUT2D eigenvalue weighted by atomic mass is 9.97. The van der Waals surface area contributed by atoms with Crippen LogP contribution in [-0.2, 0) is 40.2 Å². The lowest BCUT2D eigenvalue weighted by Gasteiger charge is -2.28. The summed E-state index contributed by atoms with van der Waals surface area (Å²) in [6, 6.07) is 11.4. The monoisotopic (exact) mass is 605 g/mol. The maximum atomic E-state index is 15.1.